The van der Waals surface area contributed by atoms with Crippen LogP contribution in [0.15, 0.2) is 15.9 Å². The van der Waals surface area contributed by atoms with Crippen LogP contribution in [0.1, 0.15) is 24.8 Å². The number of hydrogen-bond acceptors (Lipinski definition) is 3. The number of carbonyl (C=O) groups is 1. The van der Waals surface area contributed by atoms with Crippen molar-refractivity contribution < 1.29 is 9.90 Å². The minimum Gasteiger partial charge on any atom is -0.481 e. The molecule has 0 amide bonds. The Morgan fingerprint density at radius 1 is 1.71 bits per heavy atom. The van der Waals surface area contributed by atoms with Gasteiger partial charge in [-0.3, -0.25) is 4.79 Å². The van der Waals surface area contributed by atoms with Gasteiger partial charge in [0.05, 0.1) is 11.5 Å². The second kappa shape index (κ2) is 4.00. The molecule has 1 aromatic rings. The number of hydrogen-bond donors (Lipinski definition) is 2. The Bertz CT molecular complexity index is 348. The lowest BCUT2D eigenvalue weighted by Crippen LogP contribution is -2.36. The largest absolute Gasteiger partial charge is 0.481 e. The molecule has 1 atom stereocenters. The molecule has 78 valence electrons. The van der Waals surface area contributed by atoms with Crippen molar-refractivity contribution in [3.63, 3.8) is 0 Å². The highest BCUT2D eigenvalue weighted by atomic mass is 79.9. The first-order valence-corrected chi connectivity index (χ1v) is 5.76. The van der Waals surface area contributed by atoms with Crippen molar-refractivity contribution in [3.05, 3.63) is 20.8 Å². The molecule has 0 saturated carbocycles. The Kier molecular flexibility index (Phi) is 3.34. The van der Waals surface area contributed by atoms with Crippen molar-refractivity contribution in [1.82, 2.24) is 0 Å². The second-order valence-electron chi connectivity index (χ2n) is 3.64. The van der Waals surface area contributed by atoms with E-state index >= 15 is 0 Å². The highest BCUT2D eigenvalue weighted by Gasteiger charge is 2.36. The van der Waals surface area contributed by atoms with E-state index in [0.717, 1.165) is 9.35 Å². The predicted molar refractivity (Wildman–Crippen MR) is 60.4 cm³/mol. The third kappa shape index (κ3) is 1.99. The number of nitrogens with two attached hydrogens (primary N) is 1. The Hall–Kier alpha value is -0.390. The molecule has 0 aliphatic rings. The molecule has 3 N–H and O–H groups in total. The van der Waals surface area contributed by atoms with Crippen LogP contribution < -0.4 is 5.73 Å². The average molecular weight is 278 g/mol. The van der Waals surface area contributed by atoms with Crippen molar-refractivity contribution in [1.29, 1.82) is 0 Å². The zero-order chi connectivity index (χ0) is 10.9. The quantitative estimate of drug-likeness (QED) is 0.893. The molecule has 0 aromatic carbocycles. The molecule has 0 radical (unpaired) electrons. The van der Waals surface area contributed by atoms with E-state index in [9.17, 15) is 4.79 Å². The Morgan fingerprint density at radius 2 is 2.29 bits per heavy atom. The fourth-order valence-electron chi connectivity index (χ4n) is 0.988. The fourth-order valence-corrected chi connectivity index (χ4v) is 2.79. The van der Waals surface area contributed by atoms with Crippen LogP contribution in [0, 0.1) is 5.41 Å². The third-order valence-electron chi connectivity index (χ3n) is 2.26. The van der Waals surface area contributed by atoms with E-state index in [1.165, 1.54) is 11.3 Å². The summed E-state index contributed by atoms with van der Waals surface area (Å²) in [6.07, 6.45) is 0. The number of thiophene rings is 1. The van der Waals surface area contributed by atoms with E-state index in [1.807, 2.05) is 11.4 Å². The Morgan fingerprint density at radius 3 is 2.64 bits per heavy atom. The smallest absolute Gasteiger partial charge is 0.311 e. The van der Waals surface area contributed by atoms with E-state index in [-0.39, 0.29) is 0 Å². The molecule has 1 aromatic heterocycles. The monoisotopic (exact) mass is 277 g/mol. The summed E-state index contributed by atoms with van der Waals surface area (Å²) in [6, 6.07) is 1.38. The van der Waals surface area contributed by atoms with Crippen molar-refractivity contribution in [2.45, 2.75) is 19.9 Å². The van der Waals surface area contributed by atoms with Crippen LogP contribution in [0.25, 0.3) is 0 Å². The summed E-state index contributed by atoms with van der Waals surface area (Å²) in [4.78, 5) is 11.9. The molecule has 14 heavy (non-hydrogen) atoms. The maximum atomic E-state index is 11.0. The fraction of sp³-hybridized carbons (Fsp3) is 0.444. The van der Waals surface area contributed by atoms with Crippen molar-refractivity contribution in [3.8, 4) is 0 Å². The van der Waals surface area contributed by atoms with E-state index < -0.39 is 17.4 Å². The van der Waals surface area contributed by atoms with Crippen LogP contribution in [0.3, 0.4) is 0 Å². The molecule has 0 unspecified atom stereocenters. The normalized spacial score (nSPS) is 14.0. The number of carboxylic acids is 1. The molecule has 0 fully saturated rings. The van der Waals surface area contributed by atoms with Gasteiger partial charge in [-0.05, 0) is 41.2 Å². The van der Waals surface area contributed by atoms with Crippen LogP contribution in [0.5, 0.6) is 0 Å². The van der Waals surface area contributed by atoms with Gasteiger partial charge in [0.25, 0.3) is 0 Å². The SMILES string of the molecule is CC(C)(C(=O)O)[C@H](N)c1sccc1Br. The van der Waals surface area contributed by atoms with Crippen LogP contribution in [-0.2, 0) is 4.79 Å². The highest BCUT2D eigenvalue weighted by molar-refractivity contribution is 9.10. The molecule has 0 bridgehead atoms. The molecule has 1 heterocycles. The van der Waals surface area contributed by atoms with Gasteiger partial charge < -0.3 is 10.8 Å². The third-order valence-corrected chi connectivity index (χ3v) is 4.21. The summed E-state index contributed by atoms with van der Waals surface area (Å²) < 4.78 is 0.879. The zero-order valence-corrected chi connectivity index (χ0v) is 10.4. The number of aliphatic carboxylic acids is 1. The molecular formula is C9H12BrNO2S. The van der Waals surface area contributed by atoms with Crippen LogP contribution >= 0.6 is 27.3 Å². The number of halogens is 1. The first-order chi connectivity index (χ1) is 6.37. The van der Waals surface area contributed by atoms with Gasteiger partial charge in [-0.1, -0.05) is 0 Å². The molecule has 3 nitrogen and oxygen atoms in total. The molecule has 5 heteroatoms. The Labute approximate surface area is 95.1 Å². The maximum absolute atomic E-state index is 11.0. The minimum absolute atomic E-state index is 0.491. The lowest BCUT2D eigenvalue weighted by Gasteiger charge is -2.26. The minimum atomic E-state index is -0.951. The number of carboxylic acid groups (broad SMARTS) is 1. The summed E-state index contributed by atoms with van der Waals surface area (Å²) in [5.41, 5.74) is 4.97. The second-order valence-corrected chi connectivity index (χ2v) is 5.44. The van der Waals surface area contributed by atoms with Gasteiger partial charge in [-0.15, -0.1) is 11.3 Å². The van der Waals surface area contributed by atoms with E-state index in [4.69, 9.17) is 10.8 Å². The average Bonchev–Trinajstić information content (AvgIpc) is 2.49. The predicted octanol–water partition coefficient (Wildman–Crippen LogP) is 2.62. The Balaban J connectivity index is 3.02. The summed E-state index contributed by atoms with van der Waals surface area (Å²) >= 11 is 4.81. The van der Waals surface area contributed by atoms with Gasteiger partial charge in [0, 0.05) is 9.35 Å². The van der Waals surface area contributed by atoms with Gasteiger partial charge in [-0.25, -0.2) is 0 Å². The van der Waals surface area contributed by atoms with Crippen LogP contribution in [-0.4, -0.2) is 11.1 Å². The van der Waals surface area contributed by atoms with E-state index in [2.05, 4.69) is 15.9 Å². The number of rotatable bonds is 3. The zero-order valence-electron chi connectivity index (χ0n) is 7.95. The molecule has 1 rings (SSSR count). The van der Waals surface area contributed by atoms with Crippen molar-refractivity contribution in [2.24, 2.45) is 11.1 Å². The molecular weight excluding hydrogens is 266 g/mol. The van der Waals surface area contributed by atoms with Crippen LogP contribution in [0.2, 0.25) is 0 Å². The lowest BCUT2D eigenvalue weighted by molar-refractivity contribution is -0.148. The standard InChI is InChI=1S/C9H12BrNO2S/c1-9(2,8(12)13)7(11)6-5(10)3-4-14-6/h3-4,7H,11H2,1-2H3,(H,12,13)/t7-/m1/s1. The summed E-state index contributed by atoms with van der Waals surface area (Å²) in [5.74, 6) is -0.884. The molecule has 0 saturated heterocycles. The molecule has 0 aliphatic carbocycles. The summed E-state index contributed by atoms with van der Waals surface area (Å²) in [7, 11) is 0. The van der Waals surface area contributed by atoms with Gasteiger partial charge in [-0.2, -0.15) is 0 Å². The van der Waals surface area contributed by atoms with Crippen molar-refractivity contribution in [2.75, 3.05) is 0 Å². The van der Waals surface area contributed by atoms with Crippen LogP contribution in [0.4, 0.5) is 0 Å². The highest BCUT2D eigenvalue weighted by Crippen LogP contribution is 2.38. The maximum Gasteiger partial charge on any atom is 0.311 e. The van der Waals surface area contributed by atoms with Gasteiger partial charge in [0.1, 0.15) is 0 Å². The summed E-state index contributed by atoms with van der Waals surface area (Å²) in [5, 5.41) is 10.9. The molecule has 0 spiro atoms. The van der Waals surface area contributed by atoms with Gasteiger partial charge >= 0.3 is 5.97 Å². The van der Waals surface area contributed by atoms with E-state index in [0.29, 0.717) is 0 Å². The molecule has 0 aliphatic heterocycles. The first-order valence-electron chi connectivity index (χ1n) is 4.09. The van der Waals surface area contributed by atoms with Gasteiger partial charge in [0.15, 0.2) is 0 Å². The van der Waals surface area contributed by atoms with Crippen molar-refractivity contribution >= 4 is 33.2 Å². The first kappa shape index (κ1) is 11.7. The summed E-state index contributed by atoms with van der Waals surface area (Å²) in [6.45, 7) is 3.26. The topological polar surface area (TPSA) is 63.3 Å². The lowest BCUT2D eigenvalue weighted by atomic mass is 9.84. The van der Waals surface area contributed by atoms with Gasteiger partial charge in [0.2, 0.25) is 0 Å². The van der Waals surface area contributed by atoms with E-state index in [1.54, 1.807) is 13.8 Å².